The zero-order chi connectivity index (χ0) is 15.8. The van der Waals surface area contributed by atoms with Gasteiger partial charge in [0.25, 0.3) is 5.91 Å². The monoisotopic (exact) mass is 304 g/mol. The highest BCUT2D eigenvalue weighted by molar-refractivity contribution is 6.10. The van der Waals surface area contributed by atoms with Gasteiger partial charge in [-0.15, -0.1) is 0 Å². The summed E-state index contributed by atoms with van der Waals surface area (Å²) in [4.78, 5) is 26.2. The molecule has 0 aliphatic heterocycles. The van der Waals surface area contributed by atoms with Gasteiger partial charge in [0.2, 0.25) is 0 Å². The quantitative estimate of drug-likeness (QED) is 0.595. The molecular weight excluding hydrogens is 292 g/mol. The lowest BCUT2D eigenvalue weighted by atomic mass is 10.1. The number of anilines is 1. The van der Waals surface area contributed by atoms with Crippen LogP contribution < -0.4 is 11.1 Å². The van der Waals surface area contributed by atoms with E-state index in [-0.39, 0.29) is 5.91 Å². The van der Waals surface area contributed by atoms with Gasteiger partial charge in [0.1, 0.15) is 0 Å². The molecule has 0 aliphatic rings. The molecule has 1 aromatic heterocycles. The van der Waals surface area contributed by atoms with E-state index in [4.69, 9.17) is 4.42 Å². The second kappa shape index (κ2) is 5.14. The van der Waals surface area contributed by atoms with Crippen LogP contribution in [0.4, 0.5) is 5.69 Å². The fourth-order valence-electron chi connectivity index (χ4n) is 2.62. The highest BCUT2D eigenvalue weighted by atomic mass is 16.4. The van der Waals surface area contributed by atoms with E-state index in [1.54, 1.807) is 18.2 Å². The van der Waals surface area contributed by atoms with Crippen molar-refractivity contribution in [1.82, 2.24) is 4.98 Å². The Labute approximate surface area is 130 Å². The minimum Gasteiger partial charge on any atom is -0.408 e. The SMILES string of the molecule is O=C(Nc1cccc2ccccc12)c1ccc2oc(=O)[nH]c2c1. The fourth-order valence-corrected chi connectivity index (χ4v) is 2.62. The van der Waals surface area contributed by atoms with E-state index in [0.29, 0.717) is 16.7 Å². The predicted octanol–water partition coefficient (Wildman–Crippen LogP) is 3.53. The first kappa shape index (κ1) is 13.3. The van der Waals surface area contributed by atoms with Crippen molar-refractivity contribution in [3.05, 3.63) is 76.8 Å². The van der Waals surface area contributed by atoms with Crippen LogP contribution in [-0.2, 0) is 0 Å². The second-order valence-corrected chi connectivity index (χ2v) is 5.21. The van der Waals surface area contributed by atoms with Crippen LogP contribution >= 0.6 is 0 Å². The molecule has 0 bridgehead atoms. The van der Waals surface area contributed by atoms with E-state index in [9.17, 15) is 9.59 Å². The van der Waals surface area contributed by atoms with E-state index in [2.05, 4.69) is 10.3 Å². The van der Waals surface area contributed by atoms with Crippen molar-refractivity contribution in [2.24, 2.45) is 0 Å². The maximum atomic E-state index is 12.5. The summed E-state index contributed by atoms with van der Waals surface area (Å²) in [6, 6.07) is 18.4. The van der Waals surface area contributed by atoms with Gasteiger partial charge >= 0.3 is 5.76 Å². The molecule has 0 spiro atoms. The Hall–Kier alpha value is -3.34. The van der Waals surface area contributed by atoms with Crippen molar-refractivity contribution in [3.8, 4) is 0 Å². The molecule has 0 aliphatic carbocycles. The van der Waals surface area contributed by atoms with E-state index < -0.39 is 5.76 Å². The van der Waals surface area contributed by atoms with Gasteiger partial charge in [0.05, 0.1) is 5.52 Å². The number of amides is 1. The summed E-state index contributed by atoms with van der Waals surface area (Å²) in [6.07, 6.45) is 0. The van der Waals surface area contributed by atoms with Gasteiger partial charge in [-0.3, -0.25) is 9.78 Å². The van der Waals surface area contributed by atoms with Gasteiger partial charge < -0.3 is 9.73 Å². The molecule has 0 unspecified atom stereocenters. The molecular formula is C18H12N2O3. The summed E-state index contributed by atoms with van der Waals surface area (Å²) >= 11 is 0. The van der Waals surface area contributed by atoms with Crippen LogP contribution in [0.5, 0.6) is 0 Å². The van der Waals surface area contributed by atoms with Crippen LogP contribution in [0.3, 0.4) is 0 Å². The lowest BCUT2D eigenvalue weighted by Crippen LogP contribution is -2.12. The van der Waals surface area contributed by atoms with E-state index >= 15 is 0 Å². The Morgan fingerprint density at radius 2 is 1.83 bits per heavy atom. The van der Waals surface area contributed by atoms with Crippen molar-refractivity contribution in [3.63, 3.8) is 0 Å². The number of hydrogen-bond acceptors (Lipinski definition) is 3. The third kappa shape index (κ3) is 2.38. The van der Waals surface area contributed by atoms with Crippen LogP contribution in [-0.4, -0.2) is 10.9 Å². The minimum absolute atomic E-state index is 0.245. The normalized spacial score (nSPS) is 11.0. The zero-order valence-electron chi connectivity index (χ0n) is 12.0. The van der Waals surface area contributed by atoms with Crippen molar-refractivity contribution >= 4 is 33.5 Å². The average Bonchev–Trinajstić information content (AvgIpc) is 2.94. The van der Waals surface area contributed by atoms with E-state index in [0.717, 1.165) is 16.5 Å². The van der Waals surface area contributed by atoms with E-state index in [1.165, 1.54) is 0 Å². The standard InChI is InChI=1S/C18H12N2O3/c21-17(12-8-9-16-15(10-12)20-18(22)23-16)19-14-7-3-5-11-4-1-2-6-13(11)14/h1-10H,(H,19,21)(H,20,22). The number of nitrogens with one attached hydrogen (secondary N) is 2. The number of rotatable bonds is 2. The second-order valence-electron chi connectivity index (χ2n) is 5.21. The van der Waals surface area contributed by atoms with Crippen LogP contribution in [0.2, 0.25) is 0 Å². The number of aromatic nitrogens is 1. The molecule has 4 rings (SSSR count). The number of hydrogen-bond donors (Lipinski definition) is 2. The van der Waals surface area contributed by atoms with Gasteiger partial charge in [-0.25, -0.2) is 4.79 Å². The van der Waals surface area contributed by atoms with Crippen LogP contribution in [0, 0.1) is 0 Å². The molecule has 0 fully saturated rings. The Bertz CT molecular complexity index is 1090. The number of benzene rings is 3. The smallest absolute Gasteiger partial charge is 0.408 e. The molecule has 1 amide bonds. The highest BCUT2D eigenvalue weighted by Crippen LogP contribution is 2.23. The molecule has 3 aromatic carbocycles. The van der Waals surface area contributed by atoms with Crippen LogP contribution in [0.15, 0.2) is 69.9 Å². The lowest BCUT2D eigenvalue weighted by Gasteiger charge is -2.08. The average molecular weight is 304 g/mol. The van der Waals surface area contributed by atoms with Crippen molar-refractivity contribution < 1.29 is 9.21 Å². The fraction of sp³-hybridized carbons (Fsp3) is 0. The Kier molecular flexibility index (Phi) is 2.98. The highest BCUT2D eigenvalue weighted by Gasteiger charge is 2.10. The Morgan fingerprint density at radius 1 is 1.00 bits per heavy atom. The summed E-state index contributed by atoms with van der Waals surface area (Å²) < 4.78 is 4.94. The summed E-state index contributed by atoms with van der Waals surface area (Å²) in [5, 5.41) is 4.94. The molecule has 1 heterocycles. The number of aromatic amines is 1. The maximum Gasteiger partial charge on any atom is 0.417 e. The number of oxazole rings is 1. The van der Waals surface area contributed by atoms with Crippen molar-refractivity contribution in [2.45, 2.75) is 0 Å². The molecule has 23 heavy (non-hydrogen) atoms. The van der Waals surface area contributed by atoms with Crippen molar-refractivity contribution in [1.29, 1.82) is 0 Å². The van der Waals surface area contributed by atoms with Crippen molar-refractivity contribution in [2.75, 3.05) is 5.32 Å². The summed E-state index contributed by atoms with van der Waals surface area (Å²) in [5.41, 5.74) is 2.12. The molecule has 0 radical (unpaired) electrons. The summed E-state index contributed by atoms with van der Waals surface area (Å²) in [6.45, 7) is 0. The van der Waals surface area contributed by atoms with Gasteiger partial charge in [-0.2, -0.15) is 0 Å². The summed E-state index contributed by atoms with van der Waals surface area (Å²) in [7, 11) is 0. The van der Waals surface area contributed by atoms with Gasteiger partial charge in [0, 0.05) is 16.6 Å². The van der Waals surface area contributed by atoms with E-state index in [1.807, 2.05) is 42.5 Å². The molecule has 0 atom stereocenters. The number of carbonyl (C=O) groups excluding carboxylic acids is 1. The van der Waals surface area contributed by atoms with Gasteiger partial charge in [0.15, 0.2) is 5.58 Å². The Morgan fingerprint density at radius 3 is 2.74 bits per heavy atom. The first-order chi connectivity index (χ1) is 11.2. The van der Waals surface area contributed by atoms with Gasteiger partial charge in [-0.05, 0) is 29.7 Å². The topological polar surface area (TPSA) is 75.1 Å². The van der Waals surface area contributed by atoms with Crippen LogP contribution in [0.25, 0.3) is 21.9 Å². The first-order valence-corrected chi connectivity index (χ1v) is 7.13. The largest absolute Gasteiger partial charge is 0.417 e. The molecule has 5 nitrogen and oxygen atoms in total. The number of carbonyl (C=O) groups is 1. The molecule has 0 saturated carbocycles. The predicted molar refractivity (Wildman–Crippen MR) is 88.7 cm³/mol. The minimum atomic E-state index is -0.536. The van der Waals surface area contributed by atoms with Crippen LogP contribution in [0.1, 0.15) is 10.4 Å². The molecule has 4 aromatic rings. The molecule has 0 saturated heterocycles. The maximum absolute atomic E-state index is 12.5. The zero-order valence-corrected chi connectivity index (χ0v) is 12.0. The number of H-pyrrole nitrogens is 1. The molecule has 5 heteroatoms. The third-order valence-electron chi connectivity index (χ3n) is 3.72. The first-order valence-electron chi connectivity index (χ1n) is 7.13. The number of fused-ring (bicyclic) bond motifs is 2. The third-order valence-corrected chi connectivity index (χ3v) is 3.72. The van der Waals surface area contributed by atoms with Gasteiger partial charge in [-0.1, -0.05) is 36.4 Å². The summed E-state index contributed by atoms with van der Waals surface area (Å²) in [5.74, 6) is -0.781. The molecule has 2 N–H and O–H groups in total. The molecule has 112 valence electrons. The lowest BCUT2D eigenvalue weighted by molar-refractivity contribution is 0.102. The Balaban J connectivity index is 1.71.